The van der Waals surface area contributed by atoms with Crippen LogP contribution in [0.5, 0.6) is 5.75 Å². The van der Waals surface area contributed by atoms with Gasteiger partial charge in [0.25, 0.3) is 5.91 Å². The number of carboxylic acids is 1. The zero-order valence-electron chi connectivity index (χ0n) is 21.4. The molecule has 7 nitrogen and oxygen atoms in total. The molecule has 1 aliphatic heterocycles. The number of benzene rings is 2. The fourth-order valence-electron chi connectivity index (χ4n) is 5.41. The average molecular weight is 531 g/mol. The summed E-state index contributed by atoms with van der Waals surface area (Å²) < 4.78 is 35.0. The van der Waals surface area contributed by atoms with E-state index in [4.69, 9.17) is 9.84 Å². The first-order chi connectivity index (χ1) is 17.4. The van der Waals surface area contributed by atoms with Crippen LogP contribution in [0.3, 0.4) is 0 Å². The van der Waals surface area contributed by atoms with Gasteiger partial charge in [-0.15, -0.1) is 0 Å². The molecular formula is C27H32F2N2O5Si. The van der Waals surface area contributed by atoms with Gasteiger partial charge in [0.2, 0.25) is 5.91 Å². The highest BCUT2D eigenvalue weighted by Crippen LogP contribution is 2.41. The maximum absolute atomic E-state index is 14.8. The first kappa shape index (κ1) is 26.8. The van der Waals surface area contributed by atoms with E-state index in [1.54, 1.807) is 19.2 Å². The number of nitrogens with zero attached hydrogens (tertiary/aromatic N) is 1. The zero-order chi connectivity index (χ0) is 27.1. The third kappa shape index (κ3) is 5.53. The minimum Gasteiger partial charge on any atom is -0.497 e. The van der Waals surface area contributed by atoms with E-state index in [-0.39, 0.29) is 41.6 Å². The lowest BCUT2D eigenvalue weighted by Gasteiger charge is -2.42. The van der Waals surface area contributed by atoms with E-state index in [0.717, 1.165) is 17.7 Å². The van der Waals surface area contributed by atoms with Crippen LogP contribution in [-0.2, 0) is 20.8 Å². The van der Waals surface area contributed by atoms with Crippen molar-refractivity contribution in [2.24, 2.45) is 11.8 Å². The summed E-state index contributed by atoms with van der Waals surface area (Å²) in [6.45, 7) is 5.80. The highest BCUT2D eigenvalue weighted by atomic mass is 28.3. The van der Waals surface area contributed by atoms with Crippen LogP contribution in [0.25, 0.3) is 0 Å². The lowest BCUT2D eigenvalue weighted by Crippen LogP contribution is -2.50. The number of hydrogen-bond acceptors (Lipinski definition) is 4. The highest BCUT2D eigenvalue weighted by Gasteiger charge is 2.43. The van der Waals surface area contributed by atoms with E-state index < -0.39 is 37.6 Å². The van der Waals surface area contributed by atoms with Crippen molar-refractivity contribution in [2.75, 3.05) is 19.0 Å². The number of methoxy groups -OCH3 is 1. The van der Waals surface area contributed by atoms with Crippen molar-refractivity contribution in [1.82, 2.24) is 4.90 Å². The van der Waals surface area contributed by atoms with Gasteiger partial charge in [-0.1, -0.05) is 25.7 Å². The van der Waals surface area contributed by atoms with E-state index >= 15 is 0 Å². The number of aliphatic carboxylic acids is 1. The van der Waals surface area contributed by atoms with Gasteiger partial charge in [0, 0.05) is 29.8 Å². The number of carboxylic acid groups (broad SMARTS) is 1. The normalized spacial score (nSPS) is 21.0. The summed E-state index contributed by atoms with van der Waals surface area (Å²) in [4.78, 5) is 39.5. The van der Waals surface area contributed by atoms with E-state index in [1.807, 2.05) is 25.7 Å². The number of ether oxygens (including phenoxy) is 1. The van der Waals surface area contributed by atoms with Gasteiger partial charge >= 0.3 is 5.97 Å². The molecule has 4 rings (SSSR count). The van der Waals surface area contributed by atoms with Gasteiger partial charge in [0.15, 0.2) is 0 Å². The summed E-state index contributed by atoms with van der Waals surface area (Å²) >= 11 is 0. The standard InChI is InChI=1S/C27H32F2N2O5Si/c1-36-19-5-6-20-16(12-19)7-8-31(27(35)17-9-15(10-17)11-23(32)33)24(20)26(34)30-18-13-21(28)25(22(29)14-18)37(2,3)4/h5-6,12-15,17,24H,7-11H2,1-4H3,(H,30,34)(H,32,33)/t15-,17-,24?. The molecule has 37 heavy (non-hydrogen) atoms. The fourth-order valence-corrected chi connectivity index (χ4v) is 6.99. The van der Waals surface area contributed by atoms with Crippen LogP contribution in [0.2, 0.25) is 19.6 Å². The number of anilines is 1. The van der Waals surface area contributed by atoms with Gasteiger partial charge in [-0.05, 0) is 60.6 Å². The summed E-state index contributed by atoms with van der Waals surface area (Å²) in [5, 5.41) is 11.7. The summed E-state index contributed by atoms with van der Waals surface area (Å²) in [6, 6.07) is 6.53. The molecule has 1 saturated carbocycles. The van der Waals surface area contributed by atoms with Crippen LogP contribution in [0.1, 0.15) is 36.4 Å². The van der Waals surface area contributed by atoms with Gasteiger partial charge in [-0.3, -0.25) is 14.4 Å². The van der Waals surface area contributed by atoms with Crippen LogP contribution < -0.4 is 15.2 Å². The predicted octanol–water partition coefficient (Wildman–Crippen LogP) is 4.08. The van der Waals surface area contributed by atoms with Gasteiger partial charge in [-0.2, -0.15) is 0 Å². The molecule has 2 N–H and O–H groups in total. The summed E-state index contributed by atoms with van der Waals surface area (Å²) in [5.74, 6) is -2.87. The molecule has 0 spiro atoms. The Balaban J connectivity index is 1.62. The second-order valence-corrected chi connectivity index (χ2v) is 15.9. The van der Waals surface area contributed by atoms with Crippen molar-refractivity contribution in [3.63, 3.8) is 0 Å². The number of amides is 2. The van der Waals surface area contributed by atoms with Crippen molar-refractivity contribution >= 4 is 36.7 Å². The minimum atomic E-state index is -2.29. The van der Waals surface area contributed by atoms with Gasteiger partial charge in [-0.25, -0.2) is 8.78 Å². The summed E-state index contributed by atoms with van der Waals surface area (Å²) in [6.07, 6.45) is 1.45. The van der Waals surface area contributed by atoms with Gasteiger partial charge in [0.05, 0.1) is 15.2 Å². The molecule has 0 bridgehead atoms. The summed E-state index contributed by atoms with van der Waals surface area (Å²) in [5.41, 5.74) is 1.46. The van der Waals surface area contributed by atoms with Gasteiger partial charge in [0.1, 0.15) is 23.4 Å². The number of fused-ring (bicyclic) bond motifs is 1. The molecule has 198 valence electrons. The largest absolute Gasteiger partial charge is 0.497 e. The van der Waals surface area contributed by atoms with E-state index in [2.05, 4.69) is 5.32 Å². The smallest absolute Gasteiger partial charge is 0.303 e. The van der Waals surface area contributed by atoms with Crippen LogP contribution in [0, 0.1) is 23.5 Å². The fraction of sp³-hybridized carbons (Fsp3) is 0.444. The van der Waals surface area contributed by atoms with Crippen molar-refractivity contribution in [1.29, 1.82) is 0 Å². The molecule has 1 aliphatic carbocycles. The Kier molecular flexibility index (Phi) is 7.41. The molecule has 1 heterocycles. The molecule has 0 saturated heterocycles. The number of nitrogens with one attached hydrogen (secondary N) is 1. The van der Waals surface area contributed by atoms with Crippen molar-refractivity contribution in [3.8, 4) is 5.75 Å². The van der Waals surface area contributed by atoms with Crippen LogP contribution in [0.15, 0.2) is 30.3 Å². The SMILES string of the molecule is COc1ccc2c(c1)CCN(C(=O)[C@H]1C[C@H](CC(=O)O)C1)C2C(=O)Nc1cc(F)c([Si](C)(C)C)c(F)c1. The van der Waals surface area contributed by atoms with E-state index in [9.17, 15) is 23.2 Å². The van der Waals surface area contributed by atoms with Crippen molar-refractivity contribution in [2.45, 2.75) is 51.4 Å². The molecule has 2 aliphatic rings. The van der Waals surface area contributed by atoms with Crippen LogP contribution in [-0.4, -0.2) is 49.5 Å². The quantitative estimate of drug-likeness (QED) is 0.526. The number of carbonyl (C=O) groups is 3. The Labute approximate surface area is 215 Å². The molecule has 1 unspecified atom stereocenters. The number of rotatable bonds is 7. The van der Waals surface area contributed by atoms with Crippen LogP contribution in [0.4, 0.5) is 14.5 Å². The third-order valence-electron chi connectivity index (χ3n) is 7.22. The van der Waals surface area contributed by atoms with Crippen molar-refractivity contribution < 1.29 is 33.0 Å². The summed E-state index contributed by atoms with van der Waals surface area (Å²) in [7, 11) is -0.747. The number of halogens is 2. The monoisotopic (exact) mass is 530 g/mol. The number of hydrogen-bond donors (Lipinski definition) is 2. The topological polar surface area (TPSA) is 95.9 Å². The molecule has 2 aromatic rings. The molecule has 1 fully saturated rings. The van der Waals surface area contributed by atoms with Gasteiger partial charge < -0.3 is 20.1 Å². The van der Waals surface area contributed by atoms with E-state index in [0.29, 0.717) is 30.6 Å². The van der Waals surface area contributed by atoms with Crippen molar-refractivity contribution in [3.05, 3.63) is 53.1 Å². The Morgan fingerprint density at radius 3 is 2.32 bits per heavy atom. The van der Waals surface area contributed by atoms with Crippen LogP contribution >= 0.6 is 0 Å². The molecule has 2 aromatic carbocycles. The Morgan fingerprint density at radius 2 is 1.76 bits per heavy atom. The second kappa shape index (κ2) is 10.2. The average Bonchev–Trinajstić information content (AvgIpc) is 2.77. The Hall–Kier alpha value is -3.27. The zero-order valence-corrected chi connectivity index (χ0v) is 22.4. The maximum atomic E-state index is 14.8. The molecular weight excluding hydrogens is 498 g/mol. The Morgan fingerprint density at radius 1 is 1.11 bits per heavy atom. The third-order valence-corrected chi connectivity index (χ3v) is 9.20. The molecule has 0 radical (unpaired) electrons. The molecule has 1 atom stereocenters. The minimum absolute atomic E-state index is 0.0137. The highest BCUT2D eigenvalue weighted by molar-refractivity contribution is 6.88. The second-order valence-electron chi connectivity index (χ2n) is 10.9. The first-order valence-electron chi connectivity index (χ1n) is 12.4. The maximum Gasteiger partial charge on any atom is 0.303 e. The molecule has 10 heteroatoms. The lowest BCUT2D eigenvalue weighted by molar-refractivity contribution is -0.149. The lowest BCUT2D eigenvalue weighted by atomic mass is 9.72. The molecule has 2 amide bonds. The molecule has 0 aromatic heterocycles. The number of carbonyl (C=O) groups excluding carboxylic acids is 2. The Bertz CT molecular complexity index is 1220. The first-order valence-corrected chi connectivity index (χ1v) is 15.9. The van der Waals surface area contributed by atoms with E-state index in [1.165, 1.54) is 4.90 Å². The predicted molar refractivity (Wildman–Crippen MR) is 138 cm³/mol.